The Balaban J connectivity index is 3.85. The number of rotatable bonds is 3. The van der Waals surface area contributed by atoms with Gasteiger partial charge >= 0.3 is 5.97 Å². The Hall–Kier alpha value is -1.56. The van der Waals surface area contributed by atoms with Crippen LogP contribution in [0.5, 0.6) is 0 Å². The maximum Gasteiger partial charge on any atom is 0.349 e. The van der Waals surface area contributed by atoms with Crippen molar-refractivity contribution in [3.8, 4) is 6.26 Å². The van der Waals surface area contributed by atoms with Gasteiger partial charge in [-0.25, -0.2) is 4.79 Å². The lowest BCUT2D eigenvalue weighted by Crippen LogP contribution is -2.01. The van der Waals surface area contributed by atoms with E-state index in [0.29, 0.717) is 6.42 Å². The summed E-state index contributed by atoms with van der Waals surface area (Å²) in [5.74, 6) is -0.692. The summed E-state index contributed by atoms with van der Waals surface area (Å²) in [5.41, 5.74) is 0.233. The summed E-state index contributed by atoms with van der Waals surface area (Å²) in [6.45, 7) is 6.76. The van der Waals surface area contributed by atoms with Gasteiger partial charge in [-0.1, -0.05) is 12.7 Å². The first-order valence-corrected chi connectivity index (χ1v) is 2.61. The Morgan fingerprint density at radius 2 is 2.40 bits per heavy atom. The molecule has 0 heterocycles. The molecule has 52 valence electrons. The normalized spacial score (nSPS) is 7.50. The van der Waals surface area contributed by atoms with Crippen LogP contribution in [-0.2, 0) is 9.53 Å². The van der Waals surface area contributed by atoms with E-state index in [0.717, 1.165) is 0 Å². The van der Waals surface area contributed by atoms with E-state index in [-0.39, 0.29) is 5.57 Å². The topological polar surface area (TPSA) is 50.1 Å². The smallest absolute Gasteiger partial charge is 0.347 e. The van der Waals surface area contributed by atoms with Gasteiger partial charge < -0.3 is 4.74 Å². The maximum absolute atomic E-state index is 10.5. The average molecular weight is 137 g/mol. The highest BCUT2D eigenvalue weighted by Crippen LogP contribution is 1.99. The van der Waals surface area contributed by atoms with Crippen molar-refractivity contribution in [3.63, 3.8) is 0 Å². The average Bonchev–Trinajstić information content (AvgIpc) is 1.89. The number of hydrogen-bond donors (Lipinski definition) is 0. The fourth-order valence-corrected chi connectivity index (χ4v) is 0.371. The lowest BCUT2D eigenvalue weighted by Gasteiger charge is -1.93. The summed E-state index contributed by atoms with van der Waals surface area (Å²) in [5, 5.41) is 7.89. The minimum absolute atomic E-state index is 0.233. The molecule has 0 aliphatic heterocycles. The maximum atomic E-state index is 10.5. The van der Waals surface area contributed by atoms with Crippen molar-refractivity contribution in [2.24, 2.45) is 0 Å². The van der Waals surface area contributed by atoms with Gasteiger partial charge in [-0.05, 0) is 6.42 Å². The van der Waals surface area contributed by atoms with Crippen LogP contribution in [-0.4, -0.2) is 5.97 Å². The molecule has 0 saturated heterocycles. The van der Waals surface area contributed by atoms with Gasteiger partial charge in [0.1, 0.15) is 0 Å². The van der Waals surface area contributed by atoms with Crippen LogP contribution < -0.4 is 0 Å². The molecule has 0 bridgehead atoms. The van der Waals surface area contributed by atoms with Gasteiger partial charge in [-0.15, -0.1) is 11.8 Å². The van der Waals surface area contributed by atoms with Gasteiger partial charge in [0, 0.05) is 5.57 Å². The Kier molecular flexibility index (Phi) is 3.66. The monoisotopic (exact) mass is 137 g/mol. The second kappa shape index (κ2) is 4.33. The Morgan fingerprint density at radius 3 is 2.80 bits per heavy atom. The number of esters is 1. The van der Waals surface area contributed by atoms with Crippen LogP contribution in [0.4, 0.5) is 0 Å². The third-order valence-corrected chi connectivity index (χ3v) is 0.818. The fraction of sp³-hybridized carbons (Fsp3) is 0.143. The highest BCUT2D eigenvalue weighted by molar-refractivity contribution is 5.88. The predicted molar refractivity (Wildman–Crippen MR) is 35.7 cm³/mol. The second-order valence-electron chi connectivity index (χ2n) is 1.58. The molecule has 0 N–H and O–H groups in total. The quantitative estimate of drug-likeness (QED) is 0.253. The molecule has 0 fully saturated rings. The molecule has 0 aromatic rings. The van der Waals surface area contributed by atoms with Crippen LogP contribution in [0.3, 0.4) is 0 Å². The highest BCUT2D eigenvalue weighted by Gasteiger charge is 2.04. The molecule has 0 aliphatic carbocycles. The fourth-order valence-electron chi connectivity index (χ4n) is 0.371. The number of nitriles is 1. The predicted octanol–water partition coefficient (Wildman–Crippen LogP) is 1.14. The van der Waals surface area contributed by atoms with Crippen molar-refractivity contribution in [2.75, 3.05) is 0 Å². The van der Waals surface area contributed by atoms with Crippen molar-refractivity contribution in [3.05, 3.63) is 24.8 Å². The Morgan fingerprint density at radius 1 is 1.80 bits per heavy atom. The first kappa shape index (κ1) is 8.44. The zero-order chi connectivity index (χ0) is 7.98. The minimum atomic E-state index is -0.692. The molecule has 0 saturated carbocycles. The largest absolute Gasteiger partial charge is 0.349 e. The van der Waals surface area contributed by atoms with Gasteiger partial charge in [0.15, 0.2) is 0 Å². The van der Waals surface area contributed by atoms with Crippen molar-refractivity contribution in [2.45, 2.75) is 6.42 Å². The van der Waals surface area contributed by atoms with E-state index in [1.165, 1.54) is 12.3 Å². The SMILES string of the molecule is C=CCC(=C)C(=O)OC#N. The molecule has 0 rings (SSSR count). The Bertz CT molecular complexity index is 200. The van der Waals surface area contributed by atoms with Gasteiger partial charge in [0.05, 0.1) is 0 Å². The first-order chi connectivity index (χ1) is 4.72. The molecule has 0 atom stereocenters. The summed E-state index contributed by atoms with van der Waals surface area (Å²) in [6, 6.07) is 0. The molecule has 10 heavy (non-hydrogen) atoms. The van der Waals surface area contributed by atoms with E-state index in [4.69, 9.17) is 5.26 Å². The van der Waals surface area contributed by atoms with E-state index >= 15 is 0 Å². The van der Waals surface area contributed by atoms with Crippen molar-refractivity contribution < 1.29 is 9.53 Å². The molecule has 3 heteroatoms. The van der Waals surface area contributed by atoms with E-state index in [2.05, 4.69) is 17.9 Å². The summed E-state index contributed by atoms with van der Waals surface area (Å²) in [6.07, 6.45) is 3.12. The number of nitrogens with zero attached hydrogens (tertiary/aromatic N) is 1. The van der Waals surface area contributed by atoms with Crippen LogP contribution in [0, 0.1) is 11.5 Å². The standard InChI is InChI=1S/C7H7NO2/c1-3-4-6(2)7(9)10-5-8/h3H,1-2,4H2. The number of carbonyl (C=O) groups excluding carboxylic acids is 1. The summed E-state index contributed by atoms with van der Waals surface area (Å²) < 4.78 is 3.98. The van der Waals surface area contributed by atoms with Crippen molar-refractivity contribution in [1.29, 1.82) is 5.26 Å². The molecule has 0 aliphatic rings. The zero-order valence-corrected chi connectivity index (χ0v) is 5.46. The van der Waals surface area contributed by atoms with Crippen LogP contribution in [0.25, 0.3) is 0 Å². The summed E-state index contributed by atoms with van der Waals surface area (Å²) >= 11 is 0. The number of allylic oxidation sites excluding steroid dienone is 1. The van der Waals surface area contributed by atoms with E-state index in [1.54, 1.807) is 0 Å². The summed E-state index contributed by atoms with van der Waals surface area (Å²) in [4.78, 5) is 10.5. The lowest BCUT2D eigenvalue weighted by molar-refractivity contribution is -0.132. The van der Waals surface area contributed by atoms with Crippen LogP contribution in [0.15, 0.2) is 24.8 Å². The van der Waals surface area contributed by atoms with E-state index in [9.17, 15) is 4.79 Å². The third-order valence-electron chi connectivity index (χ3n) is 0.818. The Labute approximate surface area is 59.2 Å². The van der Waals surface area contributed by atoms with Gasteiger partial charge in [-0.3, -0.25) is 0 Å². The van der Waals surface area contributed by atoms with Gasteiger partial charge in [0.2, 0.25) is 0 Å². The van der Waals surface area contributed by atoms with Gasteiger partial charge in [0.25, 0.3) is 6.26 Å². The third kappa shape index (κ3) is 2.68. The molecule has 0 aromatic carbocycles. The first-order valence-electron chi connectivity index (χ1n) is 2.61. The molecular formula is C7H7NO2. The summed E-state index contributed by atoms with van der Waals surface area (Å²) in [7, 11) is 0. The zero-order valence-electron chi connectivity index (χ0n) is 5.46. The van der Waals surface area contributed by atoms with Crippen LogP contribution in [0.1, 0.15) is 6.42 Å². The molecule has 0 amide bonds. The van der Waals surface area contributed by atoms with Crippen molar-refractivity contribution >= 4 is 5.97 Å². The van der Waals surface area contributed by atoms with Gasteiger partial charge in [-0.2, -0.15) is 0 Å². The molecule has 0 aromatic heterocycles. The van der Waals surface area contributed by atoms with E-state index in [1.807, 2.05) is 0 Å². The highest BCUT2D eigenvalue weighted by atomic mass is 16.5. The molecule has 0 spiro atoms. The molecule has 3 nitrogen and oxygen atoms in total. The number of ether oxygens (including phenoxy) is 1. The van der Waals surface area contributed by atoms with Crippen LogP contribution in [0.2, 0.25) is 0 Å². The molecular weight excluding hydrogens is 130 g/mol. The number of carbonyl (C=O) groups is 1. The van der Waals surface area contributed by atoms with E-state index < -0.39 is 5.97 Å². The number of hydrogen-bond acceptors (Lipinski definition) is 3. The second-order valence-corrected chi connectivity index (χ2v) is 1.58. The van der Waals surface area contributed by atoms with Crippen LogP contribution >= 0.6 is 0 Å². The minimum Gasteiger partial charge on any atom is -0.347 e. The van der Waals surface area contributed by atoms with Crippen molar-refractivity contribution in [1.82, 2.24) is 0 Å². The molecule has 0 radical (unpaired) electrons. The lowest BCUT2D eigenvalue weighted by atomic mass is 10.2. The molecule has 0 unspecified atom stereocenters.